The van der Waals surface area contributed by atoms with Crippen LogP contribution in [0.5, 0.6) is 11.5 Å². The Bertz CT molecular complexity index is 1230. The van der Waals surface area contributed by atoms with Crippen LogP contribution in [0.2, 0.25) is 0 Å². The van der Waals surface area contributed by atoms with Crippen LogP contribution < -0.4 is 14.4 Å². The highest BCUT2D eigenvalue weighted by Crippen LogP contribution is 2.40. The van der Waals surface area contributed by atoms with Gasteiger partial charge in [0.2, 0.25) is 5.91 Å². The lowest BCUT2D eigenvalue weighted by atomic mass is 10.0. The molecule has 4 rings (SSSR count). The minimum Gasteiger partial charge on any atom is -0.495 e. The molecule has 4 aromatic rings. The van der Waals surface area contributed by atoms with E-state index in [0.717, 1.165) is 39.8 Å². The molecule has 1 amide bonds. The SMILES string of the molecule is COc1ccc(OC)c2sc(N(CCCN(C)C)C(=O)Cc3cccc4ccccc34)nc12.Cl. The normalized spacial score (nSPS) is 11.0. The van der Waals surface area contributed by atoms with Gasteiger partial charge in [-0.05, 0) is 55.5 Å². The van der Waals surface area contributed by atoms with Gasteiger partial charge in [0.15, 0.2) is 5.13 Å². The molecular formula is C26H30ClN3O3S. The van der Waals surface area contributed by atoms with Crippen molar-refractivity contribution in [2.75, 3.05) is 46.3 Å². The topological polar surface area (TPSA) is 54.9 Å². The number of hydrogen-bond donors (Lipinski definition) is 0. The van der Waals surface area contributed by atoms with Gasteiger partial charge in [0.05, 0.1) is 20.6 Å². The first-order valence-corrected chi connectivity index (χ1v) is 11.8. The molecule has 3 aromatic carbocycles. The second-order valence-electron chi connectivity index (χ2n) is 8.16. The number of rotatable bonds is 9. The summed E-state index contributed by atoms with van der Waals surface area (Å²) in [6.07, 6.45) is 1.16. The summed E-state index contributed by atoms with van der Waals surface area (Å²) in [4.78, 5) is 22.4. The molecule has 6 nitrogen and oxygen atoms in total. The number of aromatic nitrogens is 1. The summed E-state index contributed by atoms with van der Waals surface area (Å²) >= 11 is 1.46. The zero-order valence-corrected chi connectivity index (χ0v) is 21.5. The minimum absolute atomic E-state index is 0. The third-order valence-electron chi connectivity index (χ3n) is 5.64. The number of ether oxygens (including phenoxy) is 2. The standard InChI is InChI=1S/C26H29N3O3S.ClH/c1-28(2)15-8-16-29(23(30)17-19-11-7-10-18-9-5-6-12-20(18)19)26-27-24-21(31-3)13-14-22(32-4)25(24)33-26;/h5-7,9-14H,8,15-17H2,1-4H3;1H. The second kappa shape index (κ2) is 11.5. The molecule has 0 aliphatic heterocycles. The van der Waals surface area contributed by atoms with E-state index >= 15 is 0 Å². The summed E-state index contributed by atoms with van der Waals surface area (Å²) in [5.41, 5.74) is 1.74. The van der Waals surface area contributed by atoms with Gasteiger partial charge >= 0.3 is 0 Å². The van der Waals surface area contributed by atoms with Gasteiger partial charge < -0.3 is 14.4 Å². The number of amides is 1. The zero-order valence-electron chi connectivity index (χ0n) is 19.9. The number of fused-ring (bicyclic) bond motifs is 2. The van der Waals surface area contributed by atoms with Crippen molar-refractivity contribution >= 4 is 55.8 Å². The van der Waals surface area contributed by atoms with Crippen molar-refractivity contribution in [3.63, 3.8) is 0 Å². The van der Waals surface area contributed by atoms with Crippen molar-refractivity contribution in [3.05, 3.63) is 60.2 Å². The molecule has 0 unspecified atom stereocenters. The number of carbonyl (C=O) groups excluding carboxylic acids is 1. The van der Waals surface area contributed by atoms with Gasteiger partial charge in [-0.25, -0.2) is 4.98 Å². The summed E-state index contributed by atoms with van der Waals surface area (Å²) in [5.74, 6) is 1.43. The summed E-state index contributed by atoms with van der Waals surface area (Å²) < 4.78 is 11.9. The summed E-state index contributed by atoms with van der Waals surface area (Å²) in [6.45, 7) is 1.47. The first-order chi connectivity index (χ1) is 16.0. The Labute approximate surface area is 210 Å². The van der Waals surface area contributed by atoms with E-state index in [1.165, 1.54) is 11.3 Å². The van der Waals surface area contributed by atoms with Gasteiger partial charge in [0.1, 0.15) is 21.7 Å². The molecule has 1 heterocycles. The van der Waals surface area contributed by atoms with Crippen LogP contribution in [0, 0.1) is 0 Å². The highest BCUT2D eigenvalue weighted by Gasteiger charge is 2.23. The Kier molecular flexibility index (Phi) is 8.72. The number of halogens is 1. The Morgan fingerprint density at radius 1 is 0.941 bits per heavy atom. The van der Waals surface area contributed by atoms with Gasteiger partial charge in [-0.15, -0.1) is 12.4 Å². The van der Waals surface area contributed by atoms with Crippen LogP contribution in [-0.4, -0.2) is 57.2 Å². The molecule has 34 heavy (non-hydrogen) atoms. The third kappa shape index (κ3) is 5.43. The van der Waals surface area contributed by atoms with Gasteiger partial charge in [-0.3, -0.25) is 9.69 Å². The van der Waals surface area contributed by atoms with Crippen LogP contribution in [0.15, 0.2) is 54.6 Å². The zero-order chi connectivity index (χ0) is 23.4. The fraction of sp³-hybridized carbons (Fsp3) is 0.308. The Morgan fingerprint density at radius 2 is 1.65 bits per heavy atom. The lowest BCUT2D eigenvalue weighted by Crippen LogP contribution is -2.34. The molecule has 0 saturated heterocycles. The average molecular weight is 500 g/mol. The van der Waals surface area contributed by atoms with Crippen LogP contribution in [0.1, 0.15) is 12.0 Å². The molecule has 0 saturated carbocycles. The molecule has 1 aromatic heterocycles. The largest absolute Gasteiger partial charge is 0.495 e. The van der Waals surface area contributed by atoms with Crippen LogP contribution in [0.3, 0.4) is 0 Å². The van der Waals surface area contributed by atoms with E-state index in [-0.39, 0.29) is 18.3 Å². The van der Waals surface area contributed by atoms with Crippen LogP contribution in [-0.2, 0) is 11.2 Å². The first-order valence-electron chi connectivity index (χ1n) is 10.9. The van der Waals surface area contributed by atoms with E-state index in [1.54, 1.807) is 14.2 Å². The molecule has 0 N–H and O–H groups in total. The molecule has 0 spiro atoms. The fourth-order valence-electron chi connectivity index (χ4n) is 3.97. The molecule has 180 valence electrons. The number of thiazole rings is 1. The average Bonchev–Trinajstić information content (AvgIpc) is 3.26. The number of hydrogen-bond acceptors (Lipinski definition) is 6. The maximum atomic E-state index is 13.6. The van der Waals surface area contributed by atoms with E-state index in [0.29, 0.717) is 29.4 Å². The van der Waals surface area contributed by atoms with Gasteiger partial charge in [-0.2, -0.15) is 0 Å². The smallest absolute Gasteiger partial charge is 0.233 e. The highest BCUT2D eigenvalue weighted by molar-refractivity contribution is 7.22. The van der Waals surface area contributed by atoms with Gasteiger partial charge in [0, 0.05) is 6.54 Å². The quantitative estimate of drug-likeness (QED) is 0.308. The summed E-state index contributed by atoms with van der Waals surface area (Å²) in [7, 11) is 7.34. The van der Waals surface area contributed by atoms with E-state index < -0.39 is 0 Å². The maximum Gasteiger partial charge on any atom is 0.233 e. The van der Waals surface area contributed by atoms with Gasteiger partial charge in [0.25, 0.3) is 0 Å². The van der Waals surface area contributed by atoms with Gasteiger partial charge in [-0.1, -0.05) is 53.8 Å². The number of carbonyl (C=O) groups is 1. The van der Waals surface area contributed by atoms with E-state index in [9.17, 15) is 4.79 Å². The summed E-state index contributed by atoms with van der Waals surface area (Å²) in [5, 5.41) is 2.91. The molecule has 0 radical (unpaired) electrons. The number of methoxy groups -OCH3 is 2. The van der Waals surface area contributed by atoms with Crippen molar-refractivity contribution in [2.45, 2.75) is 12.8 Å². The minimum atomic E-state index is 0. The predicted octanol–water partition coefficient (Wildman–Crippen LogP) is 5.42. The number of nitrogens with zero attached hydrogens (tertiary/aromatic N) is 3. The first kappa shape index (κ1) is 25.7. The van der Waals surface area contributed by atoms with Crippen LogP contribution in [0.25, 0.3) is 21.0 Å². The van der Waals surface area contributed by atoms with Crippen molar-refractivity contribution in [2.24, 2.45) is 0 Å². The van der Waals surface area contributed by atoms with Crippen LogP contribution >= 0.6 is 23.7 Å². The molecular weight excluding hydrogens is 470 g/mol. The lowest BCUT2D eigenvalue weighted by Gasteiger charge is -2.21. The molecule has 0 fully saturated rings. The van der Waals surface area contributed by atoms with E-state index in [4.69, 9.17) is 14.5 Å². The molecule has 8 heteroatoms. The van der Waals surface area contributed by atoms with Crippen molar-refractivity contribution in [1.29, 1.82) is 0 Å². The number of benzene rings is 3. The molecule has 0 atom stereocenters. The molecule has 0 bridgehead atoms. The maximum absolute atomic E-state index is 13.6. The molecule has 0 aliphatic carbocycles. The Balaban J connectivity index is 0.00000324. The van der Waals surface area contributed by atoms with Crippen LogP contribution in [0.4, 0.5) is 5.13 Å². The lowest BCUT2D eigenvalue weighted by molar-refractivity contribution is -0.118. The van der Waals surface area contributed by atoms with Crippen molar-refractivity contribution in [1.82, 2.24) is 9.88 Å². The third-order valence-corrected chi connectivity index (χ3v) is 6.73. The second-order valence-corrected chi connectivity index (χ2v) is 9.14. The summed E-state index contributed by atoms with van der Waals surface area (Å²) in [6, 6.07) is 18.0. The predicted molar refractivity (Wildman–Crippen MR) is 143 cm³/mol. The van der Waals surface area contributed by atoms with E-state index in [2.05, 4.69) is 23.1 Å². The van der Waals surface area contributed by atoms with E-state index in [1.807, 2.05) is 55.4 Å². The molecule has 0 aliphatic rings. The fourth-order valence-corrected chi connectivity index (χ4v) is 5.08. The van der Waals surface area contributed by atoms with Crippen molar-refractivity contribution in [3.8, 4) is 11.5 Å². The number of anilines is 1. The monoisotopic (exact) mass is 499 g/mol. The van der Waals surface area contributed by atoms with Crippen molar-refractivity contribution < 1.29 is 14.3 Å². The Hall–Kier alpha value is -2.87. The Morgan fingerprint density at radius 3 is 2.38 bits per heavy atom. The highest BCUT2D eigenvalue weighted by atomic mass is 35.5.